The molecule has 202 valence electrons. The van der Waals surface area contributed by atoms with Crippen LogP contribution in [0.4, 0.5) is 20.6 Å². The molecule has 0 saturated carbocycles. The zero-order chi connectivity index (χ0) is 27.5. The lowest BCUT2D eigenvalue weighted by molar-refractivity contribution is -0.168. The molecule has 1 atom stereocenters. The number of pyridine rings is 1. The van der Waals surface area contributed by atoms with Gasteiger partial charge in [0.05, 0.1) is 41.6 Å². The number of furan rings is 1. The summed E-state index contributed by atoms with van der Waals surface area (Å²) in [5, 5.41) is 13.9. The quantitative estimate of drug-likeness (QED) is 0.238. The van der Waals surface area contributed by atoms with E-state index in [0.29, 0.717) is 17.7 Å². The summed E-state index contributed by atoms with van der Waals surface area (Å²) in [6, 6.07) is 9.00. The van der Waals surface area contributed by atoms with Gasteiger partial charge in [0.25, 0.3) is 5.91 Å². The number of aromatic nitrogens is 1. The second-order valence-corrected chi connectivity index (χ2v) is 9.18. The molecule has 1 unspecified atom stereocenters. The summed E-state index contributed by atoms with van der Waals surface area (Å²) in [4.78, 5) is 36.8. The van der Waals surface area contributed by atoms with E-state index in [2.05, 4.69) is 10.6 Å². The number of carbonyl (C=O) groups excluding carboxylic acids is 2. The topological polar surface area (TPSA) is 132 Å². The number of carbonyl (C=O) groups is 3. The molecule has 39 heavy (non-hydrogen) atoms. The minimum atomic E-state index is -1.28. The van der Waals surface area contributed by atoms with E-state index in [9.17, 15) is 14.4 Å². The van der Waals surface area contributed by atoms with Crippen LogP contribution in [0.1, 0.15) is 52.6 Å². The fourth-order valence-corrected chi connectivity index (χ4v) is 4.56. The van der Waals surface area contributed by atoms with Gasteiger partial charge < -0.3 is 28.7 Å². The van der Waals surface area contributed by atoms with E-state index in [1.165, 1.54) is 54.3 Å². The highest BCUT2D eigenvalue weighted by Crippen LogP contribution is 2.32. The molecule has 5 rings (SSSR count). The first-order valence-corrected chi connectivity index (χ1v) is 12.4. The SMILES string of the molecule is CC(=O)c1cc(C(=O)Nc2cc(COC3CCCCO3)cc(-c3ccoc3)c2F)c2cc(NC(=O)O)ccn12. The van der Waals surface area contributed by atoms with Crippen LogP contribution in [0.3, 0.4) is 0 Å². The van der Waals surface area contributed by atoms with Gasteiger partial charge in [-0.25, -0.2) is 9.18 Å². The molecule has 3 N–H and O–H groups in total. The van der Waals surface area contributed by atoms with Crippen LogP contribution in [0.5, 0.6) is 0 Å². The van der Waals surface area contributed by atoms with Crippen molar-refractivity contribution >= 4 is 34.7 Å². The Morgan fingerprint density at radius 1 is 1.15 bits per heavy atom. The number of anilines is 2. The van der Waals surface area contributed by atoms with Crippen LogP contribution in [-0.2, 0) is 16.1 Å². The van der Waals surface area contributed by atoms with Gasteiger partial charge in [0.2, 0.25) is 0 Å². The molecule has 1 aliphatic rings. The van der Waals surface area contributed by atoms with E-state index < -0.39 is 17.8 Å². The van der Waals surface area contributed by atoms with Gasteiger partial charge in [0.1, 0.15) is 0 Å². The predicted molar refractivity (Wildman–Crippen MR) is 139 cm³/mol. The maximum Gasteiger partial charge on any atom is 0.409 e. The third kappa shape index (κ3) is 5.69. The summed E-state index contributed by atoms with van der Waals surface area (Å²) in [5.74, 6) is -1.66. The van der Waals surface area contributed by atoms with Crippen molar-refractivity contribution in [2.45, 2.75) is 39.1 Å². The number of amides is 2. The number of benzene rings is 1. The molecular weight excluding hydrogens is 509 g/mol. The number of halogens is 1. The van der Waals surface area contributed by atoms with Gasteiger partial charge in [-0.2, -0.15) is 0 Å². The first kappa shape index (κ1) is 26.1. The third-order valence-electron chi connectivity index (χ3n) is 6.41. The van der Waals surface area contributed by atoms with E-state index in [1.807, 2.05) is 0 Å². The molecule has 1 aliphatic heterocycles. The maximum absolute atomic E-state index is 15.7. The molecule has 11 heteroatoms. The van der Waals surface area contributed by atoms with Crippen LogP contribution < -0.4 is 10.6 Å². The number of ether oxygens (including phenoxy) is 2. The molecular formula is C28H26FN3O7. The van der Waals surface area contributed by atoms with Crippen LogP contribution in [0, 0.1) is 5.82 Å². The smallest absolute Gasteiger partial charge is 0.409 e. The summed E-state index contributed by atoms with van der Waals surface area (Å²) in [6.07, 6.45) is 5.40. The molecule has 1 aromatic carbocycles. The van der Waals surface area contributed by atoms with Crippen LogP contribution >= 0.6 is 0 Å². The third-order valence-corrected chi connectivity index (χ3v) is 6.41. The van der Waals surface area contributed by atoms with E-state index in [4.69, 9.17) is 19.0 Å². The summed E-state index contributed by atoms with van der Waals surface area (Å²) in [6.45, 7) is 2.10. The zero-order valence-corrected chi connectivity index (χ0v) is 21.0. The molecule has 4 heterocycles. The van der Waals surface area contributed by atoms with Crippen molar-refractivity contribution in [3.05, 3.63) is 77.8 Å². The molecule has 10 nitrogen and oxygen atoms in total. The Morgan fingerprint density at radius 2 is 2.00 bits per heavy atom. The fraction of sp³-hybridized carbons (Fsp3) is 0.250. The number of fused-ring (bicyclic) bond motifs is 1. The monoisotopic (exact) mass is 535 g/mol. The normalized spacial score (nSPS) is 15.3. The molecule has 0 aliphatic carbocycles. The average molecular weight is 536 g/mol. The van der Waals surface area contributed by atoms with E-state index in [-0.39, 0.29) is 52.4 Å². The number of carboxylic acid groups (broad SMARTS) is 1. The minimum absolute atomic E-state index is 0.0655. The van der Waals surface area contributed by atoms with Crippen LogP contribution in [-0.4, -0.2) is 40.2 Å². The summed E-state index contributed by atoms with van der Waals surface area (Å²) in [7, 11) is 0. The second kappa shape index (κ2) is 11.1. The van der Waals surface area contributed by atoms with E-state index in [1.54, 1.807) is 12.1 Å². The highest BCUT2D eigenvalue weighted by Gasteiger charge is 2.22. The highest BCUT2D eigenvalue weighted by atomic mass is 19.1. The van der Waals surface area contributed by atoms with Gasteiger partial charge in [-0.1, -0.05) is 0 Å². The molecule has 4 aromatic rings. The lowest BCUT2D eigenvalue weighted by Crippen LogP contribution is -2.22. The number of nitrogens with one attached hydrogen (secondary N) is 2. The molecule has 1 saturated heterocycles. The number of rotatable bonds is 8. The van der Waals surface area contributed by atoms with E-state index in [0.717, 1.165) is 19.3 Å². The Morgan fingerprint density at radius 3 is 2.69 bits per heavy atom. The fourth-order valence-electron chi connectivity index (χ4n) is 4.56. The van der Waals surface area contributed by atoms with Crippen LogP contribution in [0.2, 0.25) is 0 Å². The zero-order valence-electron chi connectivity index (χ0n) is 21.0. The highest BCUT2D eigenvalue weighted by molar-refractivity contribution is 6.12. The maximum atomic E-state index is 15.7. The Labute approximate surface area is 222 Å². The van der Waals surface area contributed by atoms with Gasteiger partial charge in [-0.15, -0.1) is 0 Å². The Hall–Kier alpha value is -4.48. The van der Waals surface area contributed by atoms with Gasteiger partial charge in [0, 0.05) is 36.5 Å². The standard InChI is InChI=1S/C28H26FN3O7/c1-16(33)23-13-21(24-12-19(30-28(35)36)5-7-32(23)24)27(34)31-22-11-17(14-39-25-4-2-3-8-38-25)10-20(26(22)29)18-6-9-37-15-18/h5-7,9-13,15,25,30H,2-4,8,14H2,1H3,(H,31,34)(H,35,36). The number of ketones is 1. The molecule has 3 aromatic heterocycles. The van der Waals surface area contributed by atoms with Crippen molar-refractivity contribution in [3.8, 4) is 11.1 Å². The van der Waals surface area contributed by atoms with Crippen LogP contribution in [0.15, 0.2) is 59.5 Å². The number of hydrogen-bond donors (Lipinski definition) is 3. The number of nitrogens with zero attached hydrogens (tertiary/aromatic N) is 1. The number of Topliss-reactive ketones (excluding diaryl/α,β-unsaturated/α-hetero) is 1. The molecule has 0 radical (unpaired) electrons. The number of hydrogen-bond acceptors (Lipinski definition) is 6. The van der Waals surface area contributed by atoms with Crippen molar-refractivity contribution in [1.29, 1.82) is 0 Å². The second-order valence-electron chi connectivity index (χ2n) is 9.18. The van der Waals surface area contributed by atoms with Crippen LogP contribution in [0.25, 0.3) is 16.6 Å². The Kier molecular flexibility index (Phi) is 7.44. The van der Waals surface area contributed by atoms with Gasteiger partial charge >= 0.3 is 6.09 Å². The van der Waals surface area contributed by atoms with Gasteiger partial charge in [-0.05, 0) is 61.2 Å². The molecule has 1 fully saturated rings. The Bertz CT molecular complexity index is 1540. The minimum Gasteiger partial charge on any atom is -0.472 e. The first-order valence-electron chi connectivity index (χ1n) is 12.4. The molecule has 0 bridgehead atoms. The summed E-state index contributed by atoms with van der Waals surface area (Å²) in [5.41, 5.74) is 1.96. The van der Waals surface area contributed by atoms with E-state index >= 15 is 4.39 Å². The van der Waals surface area contributed by atoms with Gasteiger partial charge in [-0.3, -0.25) is 14.9 Å². The van der Waals surface area contributed by atoms with Crippen molar-refractivity contribution in [3.63, 3.8) is 0 Å². The first-order chi connectivity index (χ1) is 18.8. The van der Waals surface area contributed by atoms with Crippen molar-refractivity contribution in [2.75, 3.05) is 17.2 Å². The van der Waals surface area contributed by atoms with Crippen molar-refractivity contribution in [1.82, 2.24) is 4.40 Å². The largest absolute Gasteiger partial charge is 0.472 e. The summed E-state index contributed by atoms with van der Waals surface area (Å²) >= 11 is 0. The molecule has 0 spiro atoms. The summed E-state index contributed by atoms with van der Waals surface area (Å²) < 4.78 is 33.8. The lowest BCUT2D eigenvalue weighted by atomic mass is 10.0. The van der Waals surface area contributed by atoms with Crippen molar-refractivity contribution in [2.24, 2.45) is 0 Å². The average Bonchev–Trinajstić information content (AvgIpc) is 3.58. The predicted octanol–water partition coefficient (Wildman–Crippen LogP) is 5.93. The Balaban J connectivity index is 1.50. The lowest BCUT2D eigenvalue weighted by Gasteiger charge is -2.23. The molecule has 2 amide bonds. The van der Waals surface area contributed by atoms with Crippen molar-refractivity contribution < 1.29 is 37.8 Å². The van der Waals surface area contributed by atoms with Gasteiger partial charge in [0.15, 0.2) is 17.9 Å².